The first kappa shape index (κ1) is 19.3. The first-order chi connectivity index (χ1) is 14.3. The molecule has 1 spiro atoms. The molecule has 0 unspecified atom stereocenters. The lowest BCUT2D eigenvalue weighted by atomic mass is 9.64. The molecule has 0 aromatic heterocycles. The second kappa shape index (κ2) is 6.19. The highest BCUT2D eigenvalue weighted by molar-refractivity contribution is 6.00. The Morgan fingerprint density at radius 3 is 2.83 bits per heavy atom. The summed E-state index contributed by atoms with van der Waals surface area (Å²) in [5.41, 5.74) is 1.80. The number of rotatable bonds is 2. The smallest absolute Gasteiger partial charge is 0.407 e. The Kier molecular flexibility index (Phi) is 3.99. The molecular weight excluding hydrogens is 386 g/mol. The van der Waals surface area contributed by atoms with Crippen LogP contribution >= 0.6 is 0 Å². The van der Waals surface area contributed by atoms with Crippen LogP contribution in [0.5, 0.6) is 0 Å². The van der Waals surface area contributed by atoms with E-state index in [4.69, 9.17) is 14.2 Å². The lowest BCUT2D eigenvalue weighted by molar-refractivity contribution is -0.143. The maximum atomic E-state index is 13.7. The number of nitrogens with zero attached hydrogens (tertiary/aromatic N) is 2. The standard InChI is InChI=1S/C22H25N3O5/c1-11-12(2)14(6-5-13(11)10-23)25-18(26)16-17-19(25)29-8-7-22(17)15(24-20(27)28-4)9-21(16,3)30-22/h5-6,15-17,19H,7-9H2,1-4H3,(H,24,27)/t15-,16+,17-,19-,21+,22-/m0/s1. The van der Waals surface area contributed by atoms with Crippen molar-refractivity contribution in [2.75, 3.05) is 18.6 Å². The summed E-state index contributed by atoms with van der Waals surface area (Å²) in [6.07, 6.45) is 0.211. The Hall–Kier alpha value is -2.63. The first-order valence-electron chi connectivity index (χ1n) is 10.3. The molecule has 1 aromatic rings. The van der Waals surface area contributed by atoms with Gasteiger partial charge in [-0.05, 0) is 44.0 Å². The van der Waals surface area contributed by atoms with Gasteiger partial charge in [-0.3, -0.25) is 9.69 Å². The molecular formula is C22H25N3O5. The van der Waals surface area contributed by atoms with E-state index in [0.717, 1.165) is 16.8 Å². The van der Waals surface area contributed by atoms with Crippen LogP contribution < -0.4 is 10.2 Å². The lowest BCUT2D eigenvalue weighted by Gasteiger charge is -2.45. The number of amides is 2. The first-order valence-corrected chi connectivity index (χ1v) is 10.3. The average Bonchev–Trinajstić information content (AvgIpc) is 3.28. The highest BCUT2D eigenvalue weighted by atomic mass is 16.6. The second-order valence-electron chi connectivity index (χ2n) is 8.98. The molecule has 30 heavy (non-hydrogen) atoms. The molecule has 0 aliphatic carbocycles. The van der Waals surface area contributed by atoms with Gasteiger partial charge in [-0.15, -0.1) is 0 Å². The number of alkyl carbamates (subject to hydrolysis) is 1. The molecule has 158 valence electrons. The maximum absolute atomic E-state index is 13.7. The zero-order valence-corrected chi connectivity index (χ0v) is 17.5. The van der Waals surface area contributed by atoms with E-state index in [1.165, 1.54) is 7.11 Å². The van der Waals surface area contributed by atoms with Crippen LogP contribution in [0.25, 0.3) is 0 Å². The van der Waals surface area contributed by atoms with Crippen LogP contribution in [0.2, 0.25) is 0 Å². The Labute approximate surface area is 175 Å². The van der Waals surface area contributed by atoms with Gasteiger partial charge in [0.1, 0.15) is 6.23 Å². The zero-order chi connectivity index (χ0) is 21.4. The summed E-state index contributed by atoms with van der Waals surface area (Å²) < 4.78 is 17.5. The Morgan fingerprint density at radius 1 is 1.37 bits per heavy atom. The fourth-order valence-corrected chi connectivity index (χ4v) is 6.26. The third-order valence-electron chi connectivity index (χ3n) is 7.67. The highest BCUT2D eigenvalue weighted by Crippen LogP contribution is 2.65. The molecule has 0 radical (unpaired) electrons. The topological polar surface area (TPSA) is 101 Å². The van der Waals surface area contributed by atoms with Gasteiger partial charge < -0.3 is 19.5 Å². The van der Waals surface area contributed by atoms with Crippen LogP contribution in [-0.2, 0) is 19.0 Å². The quantitative estimate of drug-likeness (QED) is 0.800. The van der Waals surface area contributed by atoms with Gasteiger partial charge in [0.05, 0.1) is 54.4 Å². The third-order valence-corrected chi connectivity index (χ3v) is 7.67. The van der Waals surface area contributed by atoms with Crippen molar-refractivity contribution in [2.45, 2.75) is 57.1 Å². The number of fused-ring (bicyclic) bond motifs is 2. The van der Waals surface area contributed by atoms with E-state index < -0.39 is 23.5 Å². The van der Waals surface area contributed by atoms with Gasteiger partial charge in [0, 0.05) is 18.5 Å². The SMILES string of the molecule is COC(=O)N[C@H]1C[C@@]2(C)O[C@@]13CCO[C@H]1[C@@H]3[C@@H]2C(=O)N1c1ccc(C#N)c(C)c1C. The minimum atomic E-state index is -0.677. The fourth-order valence-electron chi connectivity index (χ4n) is 6.26. The molecule has 5 rings (SSSR count). The number of nitrogens with one attached hydrogen (secondary N) is 1. The Bertz CT molecular complexity index is 1000. The van der Waals surface area contributed by atoms with E-state index in [0.29, 0.717) is 25.0 Å². The largest absolute Gasteiger partial charge is 0.453 e. The summed E-state index contributed by atoms with van der Waals surface area (Å²) in [7, 11) is 1.34. The number of benzene rings is 1. The number of nitriles is 1. The summed E-state index contributed by atoms with van der Waals surface area (Å²) >= 11 is 0. The van der Waals surface area contributed by atoms with Gasteiger partial charge in [-0.1, -0.05) is 0 Å². The van der Waals surface area contributed by atoms with Crippen LogP contribution in [0, 0.1) is 37.0 Å². The molecule has 4 saturated heterocycles. The molecule has 2 bridgehead atoms. The summed E-state index contributed by atoms with van der Waals surface area (Å²) in [6.45, 7) is 6.22. The summed E-state index contributed by atoms with van der Waals surface area (Å²) in [5, 5.41) is 12.3. The van der Waals surface area contributed by atoms with Gasteiger partial charge in [-0.25, -0.2) is 4.79 Å². The monoisotopic (exact) mass is 411 g/mol. The van der Waals surface area contributed by atoms with Crippen LogP contribution in [0.4, 0.5) is 10.5 Å². The summed E-state index contributed by atoms with van der Waals surface area (Å²) in [4.78, 5) is 27.4. The molecule has 4 fully saturated rings. The molecule has 4 aliphatic heterocycles. The second-order valence-corrected chi connectivity index (χ2v) is 8.98. The van der Waals surface area contributed by atoms with Crippen molar-refractivity contribution in [3.63, 3.8) is 0 Å². The Morgan fingerprint density at radius 2 is 2.13 bits per heavy atom. The van der Waals surface area contributed by atoms with Gasteiger partial charge in [0.15, 0.2) is 0 Å². The van der Waals surface area contributed by atoms with Crippen molar-refractivity contribution < 1.29 is 23.8 Å². The predicted octanol–water partition coefficient (Wildman–Crippen LogP) is 2.16. The molecule has 8 nitrogen and oxygen atoms in total. The number of hydrogen-bond donors (Lipinski definition) is 1. The van der Waals surface area contributed by atoms with Crippen molar-refractivity contribution in [1.82, 2.24) is 5.32 Å². The predicted molar refractivity (Wildman–Crippen MR) is 106 cm³/mol. The molecule has 6 atom stereocenters. The molecule has 1 aromatic carbocycles. The molecule has 1 N–H and O–H groups in total. The van der Waals surface area contributed by atoms with E-state index in [2.05, 4.69) is 11.4 Å². The van der Waals surface area contributed by atoms with Crippen molar-refractivity contribution in [1.29, 1.82) is 5.26 Å². The molecule has 2 amide bonds. The third kappa shape index (κ3) is 2.22. The minimum Gasteiger partial charge on any atom is -0.453 e. The average molecular weight is 411 g/mol. The van der Waals surface area contributed by atoms with Gasteiger partial charge in [0.2, 0.25) is 5.91 Å². The summed E-state index contributed by atoms with van der Waals surface area (Å²) in [6, 6.07) is 5.55. The van der Waals surface area contributed by atoms with Gasteiger partial charge in [0.25, 0.3) is 0 Å². The van der Waals surface area contributed by atoms with Crippen LogP contribution in [-0.4, -0.2) is 49.2 Å². The van der Waals surface area contributed by atoms with E-state index in [1.54, 1.807) is 11.0 Å². The molecule has 8 heteroatoms. The van der Waals surface area contributed by atoms with Gasteiger partial charge in [-0.2, -0.15) is 5.26 Å². The maximum Gasteiger partial charge on any atom is 0.407 e. The Balaban J connectivity index is 1.59. The number of carbonyl (C=O) groups excluding carboxylic acids is 2. The van der Waals surface area contributed by atoms with Crippen LogP contribution in [0.3, 0.4) is 0 Å². The number of hydrogen-bond acceptors (Lipinski definition) is 6. The number of ether oxygens (including phenoxy) is 3. The normalized spacial score (nSPS) is 38.4. The summed E-state index contributed by atoms with van der Waals surface area (Å²) in [5.74, 6) is -0.538. The molecule has 0 saturated carbocycles. The van der Waals surface area contributed by atoms with E-state index in [9.17, 15) is 14.9 Å². The zero-order valence-electron chi connectivity index (χ0n) is 17.5. The number of methoxy groups -OCH3 is 1. The van der Waals surface area contributed by atoms with Crippen molar-refractivity contribution in [2.24, 2.45) is 11.8 Å². The minimum absolute atomic E-state index is 0.0139. The van der Waals surface area contributed by atoms with Crippen molar-refractivity contribution >= 4 is 17.7 Å². The number of anilines is 1. The lowest BCUT2D eigenvalue weighted by Crippen LogP contribution is -2.61. The van der Waals surface area contributed by atoms with Crippen molar-refractivity contribution in [3.05, 3.63) is 28.8 Å². The fraction of sp³-hybridized carbons (Fsp3) is 0.591. The van der Waals surface area contributed by atoms with E-state index in [-0.39, 0.29) is 23.8 Å². The van der Waals surface area contributed by atoms with Crippen LogP contribution in [0.15, 0.2) is 12.1 Å². The van der Waals surface area contributed by atoms with E-state index >= 15 is 0 Å². The molecule has 4 heterocycles. The van der Waals surface area contributed by atoms with E-state index in [1.807, 2.05) is 26.8 Å². The molecule has 4 aliphatic rings. The highest BCUT2D eigenvalue weighted by Gasteiger charge is 2.78. The van der Waals surface area contributed by atoms with Crippen LogP contribution in [0.1, 0.15) is 36.5 Å². The van der Waals surface area contributed by atoms with Gasteiger partial charge >= 0.3 is 6.09 Å². The number of carbonyl (C=O) groups is 2. The van der Waals surface area contributed by atoms with Crippen molar-refractivity contribution in [3.8, 4) is 6.07 Å².